The van der Waals surface area contributed by atoms with E-state index in [1.165, 1.54) is 17.3 Å². The Bertz CT molecular complexity index is 820. The smallest absolute Gasteiger partial charge is 0.284 e. The second-order valence-corrected chi connectivity index (χ2v) is 6.46. The number of methoxy groups -OCH3 is 1. The molecule has 2 aromatic carbocycles. The quantitative estimate of drug-likeness (QED) is 0.787. The fourth-order valence-corrected chi connectivity index (χ4v) is 3.29. The first-order valence-corrected chi connectivity index (χ1v) is 8.13. The highest BCUT2D eigenvalue weighted by atomic mass is 32.2. The zero-order valence-electron chi connectivity index (χ0n) is 13.3. The van der Waals surface area contributed by atoms with Crippen LogP contribution in [0, 0.1) is 13.8 Å². The number of hydrogen-bond donors (Lipinski definition) is 0. The van der Waals surface area contributed by atoms with Gasteiger partial charge in [-0.2, -0.15) is 0 Å². The number of thioether (sulfide) groups is 1. The molecule has 0 N–H and O–H groups in total. The van der Waals surface area contributed by atoms with Crippen molar-refractivity contribution in [2.24, 2.45) is 4.99 Å². The van der Waals surface area contributed by atoms with E-state index in [9.17, 15) is 4.79 Å². The van der Waals surface area contributed by atoms with Crippen LogP contribution in [0.25, 0.3) is 6.08 Å². The predicted octanol–water partition coefficient (Wildman–Crippen LogP) is 4.37. The van der Waals surface area contributed by atoms with Gasteiger partial charge in [-0.05, 0) is 43.2 Å². The summed E-state index contributed by atoms with van der Waals surface area (Å²) in [7, 11) is 1.65. The summed E-state index contributed by atoms with van der Waals surface area (Å²) in [6, 6.07) is 13.9. The third kappa shape index (κ3) is 3.37. The molecule has 23 heavy (non-hydrogen) atoms. The summed E-state index contributed by atoms with van der Waals surface area (Å²) < 4.78 is 5.26. The van der Waals surface area contributed by atoms with Gasteiger partial charge in [0.15, 0.2) is 0 Å². The maximum atomic E-state index is 12.1. The van der Waals surface area contributed by atoms with Gasteiger partial charge >= 0.3 is 0 Å². The first kappa shape index (κ1) is 15.6. The van der Waals surface area contributed by atoms with E-state index < -0.39 is 0 Å². The molecule has 0 saturated heterocycles. The largest absolute Gasteiger partial charge is 0.496 e. The van der Waals surface area contributed by atoms with Crippen LogP contribution in [0.2, 0.25) is 0 Å². The summed E-state index contributed by atoms with van der Waals surface area (Å²) in [5.41, 5.74) is 4.17. The lowest BCUT2D eigenvalue weighted by atomic mass is 10.1. The Morgan fingerprint density at radius 1 is 1.09 bits per heavy atom. The molecule has 0 atom stereocenters. The summed E-state index contributed by atoms with van der Waals surface area (Å²) >= 11 is 1.42. The number of carbonyl (C=O) groups excluding carboxylic acids is 1. The van der Waals surface area contributed by atoms with Crippen LogP contribution in [0.3, 0.4) is 0 Å². The van der Waals surface area contributed by atoms with Crippen LogP contribution >= 0.6 is 11.8 Å². The van der Waals surface area contributed by atoms with Crippen LogP contribution in [0.1, 0.15) is 22.3 Å². The van der Waals surface area contributed by atoms with Crippen molar-refractivity contribution < 1.29 is 9.53 Å². The molecule has 4 heteroatoms. The normalized spacial score (nSPS) is 15.9. The maximum absolute atomic E-state index is 12.1. The minimum Gasteiger partial charge on any atom is -0.496 e. The number of carbonyl (C=O) groups is 1. The standard InChI is InChI=1S/C19H17NO2S/c1-12-4-7-15(8-5-12)19-20-18(21)17(23-19)11-14-6-9-16(22-3)13(2)10-14/h4-11H,1-3H3. The lowest BCUT2D eigenvalue weighted by Crippen LogP contribution is -1.90. The number of ether oxygens (including phenoxy) is 1. The molecule has 0 aromatic heterocycles. The van der Waals surface area contributed by atoms with Crippen molar-refractivity contribution in [1.82, 2.24) is 0 Å². The van der Waals surface area contributed by atoms with Crippen LogP contribution in [-0.4, -0.2) is 18.1 Å². The van der Waals surface area contributed by atoms with Crippen LogP contribution < -0.4 is 4.74 Å². The first-order valence-electron chi connectivity index (χ1n) is 7.31. The molecular weight excluding hydrogens is 306 g/mol. The summed E-state index contributed by atoms with van der Waals surface area (Å²) in [5, 5.41) is 0.756. The van der Waals surface area contributed by atoms with Crippen molar-refractivity contribution in [1.29, 1.82) is 0 Å². The number of rotatable bonds is 3. The monoisotopic (exact) mass is 323 g/mol. The van der Waals surface area contributed by atoms with Gasteiger partial charge in [-0.25, -0.2) is 4.99 Å². The molecule has 1 amide bonds. The number of aryl methyl sites for hydroxylation is 2. The van der Waals surface area contributed by atoms with E-state index in [-0.39, 0.29) is 5.91 Å². The van der Waals surface area contributed by atoms with Crippen molar-refractivity contribution in [3.05, 3.63) is 69.6 Å². The highest BCUT2D eigenvalue weighted by Crippen LogP contribution is 2.32. The van der Waals surface area contributed by atoms with E-state index in [2.05, 4.69) is 4.99 Å². The van der Waals surface area contributed by atoms with E-state index in [4.69, 9.17) is 4.74 Å². The van der Waals surface area contributed by atoms with Crippen LogP contribution in [0.4, 0.5) is 0 Å². The Balaban J connectivity index is 1.84. The van der Waals surface area contributed by atoms with Crippen molar-refractivity contribution in [3.63, 3.8) is 0 Å². The highest BCUT2D eigenvalue weighted by molar-refractivity contribution is 8.19. The molecule has 0 spiro atoms. The average molecular weight is 323 g/mol. The second-order valence-electron chi connectivity index (χ2n) is 5.43. The summed E-state index contributed by atoms with van der Waals surface area (Å²) in [6.07, 6.45) is 1.88. The van der Waals surface area contributed by atoms with E-state index in [1.54, 1.807) is 7.11 Å². The molecule has 1 heterocycles. The fraction of sp³-hybridized carbons (Fsp3) is 0.158. The summed E-state index contributed by atoms with van der Waals surface area (Å²) in [5.74, 6) is 0.660. The van der Waals surface area contributed by atoms with Gasteiger partial charge in [-0.1, -0.05) is 47.7 Å². The van der Waals surface area contributed by atoms with E-state index in [1.807, 2.05) is 62.4 Å². The van der Waals surface area contributed by atoms with Crippen LogP contribution in [0.15, 0.2) is 52.4 Å². The maximum Gasteiger partial charge on any atom is 0.284 e. The van der Waals surface area contributed by atoms with Gasteiger partial charge < -0.3 is 4.74 Å². The summed E-state index contributed by atoms with van der Waals surface area (Å²) in [4.78, 5) is 16.9. The molecule has 0 unspecified atom stereocenters. The summed E-state index contributed by atoms with van der Waals surface area (Å²) in [6.45, 7) is 4.02. The van der Waals surface area contributed by atoms with Gasteiger partial charge in [-0.3, -0.25) is 4.79 Å². The number of hydrogen-bond acceptors (Lipinski definition) is 3. The fourth-order valence-electron chi connectivity index (χ4n) is 2.37. The zero-order valence-corrected chi connectivity index (χ0v) is 14.1. The van der Waals surface area contributed by atoms with Crippen molar-refractivity contribution in [2.75, 3.05) is 7.11 Å². The minimum atomic E-state index is -0.181. The average Bonchev–Trinajstić information content (AvgIpc) is 2.89. The molecular formula is C19H17NO2S. The molecule has 0 fully saturated rings. The molecule has 0 aliphatic carbocycles. The molecule has 3 nitrogen and oxygen atoms in total. The third-order valence-electron chi connectivity index (χ3n) is 3.64. The minimum absolute atomic E-state index is 0.181. The topological polar surface area (TPSA) is 38.7 Å². The number of aliphatic imine (C=N–C) groups is 1. The molecule has 0 bridgehead atoms. The Labute approximate surface area is 140 Å². The molecule has 1 aliphatic rings. The Hall–Kier alpha value is -2.33. The molecule has 0 radical (unpaired) electrons. The lowest BCUT2D eigenvalue weighted by Gasteiger charge is -2.05. The Kier molecular flexibility index (Phi) is 4.35. The van der Waals surface area contributed by atoms with Gasteiger partial charge in [0.25, 0.3) is 5.91 Å². The number of amides is 1. The van der Waals surface area contributed by atoms with Gasteiger partial charge in [0.2, 0.25) is 0 Å². The zero-order chi connectivity index (χ0) is 16.4. The molecule has 116 valence electrons. The lowest BCUT2D eigenvalue weighted by molar-refractivity contribution is -0.113. The van der Waals surface area contributed by atoms with Crippen molar-refractivity contribution >= 4 is 28.8 Å². The van der Waals surface area contributed by atoms with Gasteiger partial charge in [0, 0.05) is 5.56 Å². The Morgan fingerprint density at radius 3 is 2.48 bits per heavy atom. The van der Waals surface area contributed by atoms with E-state index >= 15 is 0 Å². The van der Waals surface area contributed by atoms with Gasteiger partial charge in [0.05, 0.1) is 12.0 Å². The highest BCUT2D eigenvalue weighted by Gasteiger charge is 2.22. The SMILES string of the molecule is COc1ccc(C=C2SC(c3ccc(C)cc3)=NC2=O)cc1C. The molecule has 0 saturated carbocycles. The van der Waals surface area contributed by atoms with Crippen LogP contribution in [0.5, 0.6) is 5.75 Å². The van der Waals surface area contributed by atoms with Gasteiger partial charge in [-0.15, -0.1) is 0 Å². The number of benzene rings is 2. The van der Waals surface area contributed by atoms with Gasteiger partial charge in [0.1, 0.15) is 10.8 Å². The second kappa shape index (κ2) is 6.42. The predicted molar refractivity (Wildman–Crippen MR) is 96.0 cm³/mol. The molecule has 2 aromatic rings. The van der Waals surface area contributed by atoms with Crippen LogP contribution in [-0.2, 0) is 4.79 Å². The number of nitrogens with zero attached hydrogens (tertiary/aromatic N) is 1. The van der Waals surface area contributed by atoms with E-state index in [0.29, 0.717) is 4.91 Å². The van der Waals surface area contributed by atoms with E-state index in [0.717, 1.165) is 27.5 Å². The molecule has 1 aliphatic heterocycles. The molecule has 3 rings (SSSR count). The van der Waals surface area contributed by atoms with Crippen molar-refractivity contribution in [3.8, 4) is 5.75 Å². The Morgan fingerprint density at radius 2 is 1.83 bits per heavy atom. The third-order valence-corrected chi connectivity index (χ3v) is 4.67. The first-order chi connectivity index (χ1) is 11.1. The van der Waals surface area contributed by atoms with Crippen molar-refractivity contribution in [2.45, 2.75) is 13.8 Å².